The second kappa shape index (κ2) is 5.66. The van der Waals surface area contributed by atoms with Crippen LogP contribution in [-0.4, -0.2) is 25.9 Å². The van der Waals surface area contributed by atoms with Gasteiger partial charge in [-0.2, -0.15) is 0 Å². The molecule has 110 valence electrons. The summed E-state index contributed by atoms with van der Waals surface area (Å²) in [7, 11) is 3.85. The van der Waals surface area contributed by atoms with E-state index >= 15 is 0 Å². The lowest BCUT2D eigenvalue weighted by Crippen LogP contribution is -2.48. The Kier molecular flexibility index (Phi) is 4.07. The van der Waals surface area contributed by atoms with Crippen LogP contribution >= 0.6 is 15.9 Å². The van der Waals surface area contributed by atoms with Gasteiger partial charge in [0, 0.05) is 36.0 Å². The zero-order valence-corrected chi connectivity index (χ0v) is 13.7. The molecule has 0 bridgehead atoms. The number of fused-ring (bicyclic) bond motifs is 1. The van der Waals surface area contributed by atoms with Crippen molar-refractivity contribution in [2.75, 3.05) is 14.2 Å². The predicted molar refractivity (Wildman–Crippen MR) is 83.2 cm³/mol. The molecule has 1 spiro atoms. The molecule has 2 aliphatic rings. The van der Waals surface area contributed by atoms with Gasteiger partial charge in [0.1, 0.15) is 11.4 Å². The molecular formula is C16H22BrNO2. The third-order valence-corrected chi connectivity index (χ3v) is 5.19. The summed E-state index contributed by atoms with van der Waals surface area (Å²) >= 11 is 3.55. The maximum absolute atomic E-state index is 6.46. The third kappa shape index (κ3) is 2.61. The molecule has 3 nitrogen and oxygen atoms in total. The second-order valence-corrected chi connectivity index (χ2v) is 6.88. The minimum Gasteiger partial charge on any atom is -0.487 e. The largest absolute Gasteiger partial charge is 0.487 e. The molecule has 0 amide bonds. The van der Waals surface area contributed by atoms with Crippen LogP contribution in [0.4, 0.5) is 0 Å². The van der Waals surface area contributed by atoms with E-state index in [2.05, 4.69) is 39.4 Å². The highest BCUT2D eigenvalue weighted by atomic mass is 79.9. The van der Waals surface area contributed by atoms with Crippen molar-refractivity contribution < 1.29 is 9.47 Å². The highest BCUT2D eigenvalue weighted by molar-refractivity contribution is 9.10. The molecule has 1 saturated carbocycles. The number of benzene rings is 1. The average Bonchev–Trinajstić information content (AvgIpc) is 2.46. The van der Waals surface area contributed by atoms with E-state index in [0.29, 0.717) is 12.1 Å². The Balaban J connectivity index is 1.93. The highest BCUT2D eigenvalue weighted by Gasteiger charge is 2.44. The van der Waals surface area contributed by atoms with Crippen molar-refractivity contribution in [1.29, 1.82) is 0 Å². The predicted octanol–water partition coefficient (Wildman–Crippen LogP) is 3.82. The fraction of sp³-hybridized carbons (Fsp3) is 0.625. The molecule has 0 saturated heterocycles. The lowest BCUT2D eigenvalue weighted by molar-refractivity contribution is -0.0598. The summed E-state index contributed by atoms with van der Waals surface area (Å²) < 4.78 is 13.1. The Morgan fingerprint density at radius 3 is 3.00 bits per heavy atom. The molecule has 4 heteroatoms. The number of hydrogen-bond donors (Lipinski definition) is 1. The van der Waals surface area contributed by atoms with Gasteiger partial charge in [0.15, 0.2) is 0 Å². The first-order valence-corrected chi connectivity index (χ1v) is 8.13. The molecule has 0 aromatic heterocycles. The second-order valence-electron chi connectivity index (χ2n) is 5.97. The fourth-order valence-corrected chi connectivity index (χ4v) is 3.99. The van der Waals surface area contributed by atoms with Crippen LogP contribution in [0.5, 0.6) is 5.75 Å². The van der Waals surface area contributed by atoms with Gasteiger partial charge < -0.3 is 14.8 Å². The smallest absolute Gasteiger partial charge is 0.126 e. The molecule has 3 unspecified atom stereocenters. The molecule has 20 heavy (non-hydrogen) atoms. The van der Waals surface area contributed by atoms with Gasteiger partial charge in [0.25, 0.3) is 0 Å². The maximum atomic E-state index is 6.46. The standard InChI is InChI=1S/C16H22BrNO2/c1-18-14-10-16(7-3-4-12(9-16)19-2)20-15-8-11(17)5-6-13(14)15/h5-6,8,12,14,18H,3-4,7,9-10H2,1-2H3. The Morgan fingerprint density at radius 2 is 2.25 bits per heavy atom. The van der Waals surface area contributed by atoms with Crippen molar-refractivity contribution >= 4 is 15.9 Å². The van der Waals surface area contributed by atoms with Gasteiger partial charge in [-0.05, 0) is 38.4 Å². The number of ether oxygens (including phenoxy) is 2. The lowest BCUT2D eigenvalue weighted by Gasteiger charge is -2.46. The van der Waals surface area contributed by atoms with Crippen LogP contribution in [0.1, 0.15) is 43.7 Å². The normalized spacial score (nSPS) is 32.8. The van der Waals surface area contributed by atoms with Gasteiger partial charge in [-0.1, -0.05) is 22.0 Å². The van der Waals surface area contributed by atoms with Gasteiger partial charge >= 0.3 is 0 Å². The SMILES string of the molecule is CNC1CC2(CCCC(OC)C2)Oc2cc(Br)ccc21. The zero-order valence-electron chi connectivity index (χ0n) is 12.1. The summed E-state index contributed by atoms with van der Waals surface area (Å²) in [4.78, 5) is 0. The van der Waals surface area contributed by atoms with Crippen LogP contribution in [0.3, 0.4) is 0 Å². The first-order valence-electron chi connectivity index (χ1n) is 7.34. The van der Waals surface area contributed by atoms with Crippen molar-refractivity contribution in [3.63, 3.8) is 0 Å². The number of hydrogen-bond acceptors (Lipinski definition) is 3. The van der Waals surface area contributed by atoms with Gasteiger partial charge in [-0.25, -0.2) is 0 Å². The summed E-state index contributed by atoms with van der Waals surface area (Å²) in [5, 5.41) is 3.45. The summed E-state index contributed by atoms with van der Waals surface area (Å²) in [6.45, 7) is 0. The van der Waals surface area contributed by atoms with Crippen LogP contribution in [0.25, 0.3) is 0 Å². The quantitative estimate of drug-likeness (QED) is 0.888. The maximum Gasteiger partial charge on any atom is 0.126 e. The first kappa shape index (κ1) is 14.4. The van der Waals surface area contributed by atoms with E-state index in [9.17, 15) is 0 Å². The van der Waals surface area contributed by atoms with Crippen LogP contribution in [0, 0.1) is 0 Å². The van der Waals surface area contributed by atoms with Gasteiger partial charge in [-0.3, -0.25) is 0 Å². The minimum atomic E-state index is -0.0691. The van der Waals surface area contributed by atoms with Crippen molar-refractivity contribution in [3.8, 4) is 5.75 Å². The molecule has 1 aliphatic carbocycles. The molecule has 1 N–H and O–H groups in total. The molecule has 3 atom stereocenters. The van der Waals surface area contributed by atoms with E-state index in [0.717, 1.165) is 35.9 Å². The van der Waals surface area contributed by atoms with E-state index < -0.39 is 0 Å². The van der Waals surface area contributed by atoms with E-state index in [4.69, 9.17) is 9.47 Å². The molecule has 0 radical (unpaired) electrons. The summed E-state index contributed by atoms with van der Waals surface area (Å²) in [6.07, 6.45) is 5.80. The Morgan fingerprint density at radius 1 is 1.40 bits per heavy atom. The van der Waals surface area contributed by atoms with Crippen LogP contribution in [-0.2, 0) is 4.74 Å². The van der Waals surface area contributed by atoms with E-state index in [1.807, 2.05) is 14.2 Å². The Bertz CT molecular complexity index is 493. The summed E-state index contributed by atoms with van der Waals surface area (Å²) in [6, 6.07) is 6.70. The summed E-state index contributed by atoms with van der Waals surface area (Å²) in [5.41, 5.74) is 1.20. The number of halogens is 1. The molecule has 1 aliphatic heterocycles. The van der Waals surface area contributed by atoms with Crippen molar-refractivity contribution in [1.82, 2.24) is 5.32 Å². The van der Waals surface area contributed by atoms with Crippen LogP contribution in [0.2, 0.25) is 0 Å². The Hall–Kier alpha value is -0.580. The van der Waals surface area contributed by atoms with Gasteiger partial charge in [0.2, 0.25) is 0 Å². The molecule has 1 aromatic rings. The van der Waals surface area contributed by atoms with E-state index in [1.54, 1.807) is 0 Å². The van der Waals surface area contributed by atoms with Crippen molar-refractivity contribution in [2.24, 2.45) is 0 Å². The molecule has 1 heterocycles. The Labute approximate surface area is 129 Å². The zero-order chi connectivity index (χ0) is 14.2. The topological polar surface area (TPSA) is 30.5 Å². The third-order valence-electron chi connectivity index (χ3n) is 4.69. The number of rotatable bonds is 2. The van der Waals surface area contributed by atoms with Crippen LogP contribution < -0.4 is 10.1 Å². The molecule has 1 aromatic carbocycles. The monoisotopic (exact) mass is 339 g/mol. The fourth-order valence-electron chi connectivity index (χ4n) is 3.65. The molecule has 3 rings (SSSR count). The highest BCUT2D eigenvalue weighted by Crippen LogP contribution is 2.47. The average molecular weight is 340 g/mol. The van der Waals surface area contributed by atoms with Crippen molar-refractivity contribution in [3.05, 3.63) is 28.2 Å². The molecule has 1 fully saturated rings. The number of nitrogens with one attached hydrogen (secondary N) is 1. The molecular weight excluding hydrogens is 318 g/mol. The first-order chi connectivity index (χ1) is 9.65. The number of methoxy groups -OCH3 is 1. The lowest BCUT2D eigenvalue weighted by atomic mass is 9.76. The van der Waals surface area contributed by atoms with E-state index in [-0.39, 0.29) is 5.60 Å². The van der Waals surface area contributed by atoms with Gasteiger partial charge in [0.05, 0.1) is 6.10 Å². The van der Waals surface area contributed by atoms with Crippen LogP contribution in [0.15, 0.2) is 22.7 Å². The minimum absolute atomic E-state index is 0.0691. The van der Waals surface area contributed by atoms with Gasteiger partial charge in [-0.15, -0.1) is 0 Å². The summed E-state index contributed by atoms with van der Waals surface area (Å²) in [5.74, 6) is 1.02. The van der Waals surface area contributed by atoms with Crippen molar-refractivity contribution in [2.45, 2.75) is 49.9 Å². The van der Waals surface area contributed by atoms with E-state index in [1.165, 1.54) is 12.0 Å².